The molecule has 0 saturated heterocycles. The Morgan fingerprint density at radius 2 is 1.59 bits per heavy atom. The second kappa shape index (κ2) is 7.08. The normalized spacial score (nSPS) is 24.1. The second-order valence-electron chi connectivity index (χ2n) is 6.52. The molecule has 1 aliphatic carbocycles. The maximum Gasteiger partial charge on any atom is 0.0722 e. The molecule has 3 rings (SSSR count). The second-order valence-corrected chi connectivity index (χ2v) is 6.52. The molecule has 1 fully saturated rings. The highest BCUT2D eigenvalue weighted by Crippen LogP contribution is 2.40. The molecule has 0 aliphatic heterocycles. The first kappa shape index (κ1) is 15.3. The van der Waals surface area contributed by atoms with Gasteiger partial charge in [-0.2, -0.15) is 0 Å². The Kier molecular flexibility index (Phi) is 4.91. The Morgan fingerprint density at radius 3 is 2.27 bits per heavy atom. The summed E-state index contributed by atoms with van der Waals surface area (Å²) >= 11 is 0. The first-order chi connectivity index (χ1) is 10.7. The molecular weight excluding hydrogens is 270 g/mol. The molecule has 0 unspecified atom stereocenters. The van der Waals surface area contributed by atoms with Gasteiger partial charge in [0.05, 0.1) is 6.10 Å². The van der Waals surface area contributed by atoms with E-state index in [1.165, 1.54) is 11.1 Å². The molecule has 0 spiro atoms. The third-order valence-electron chi connectivity index (χ3n) is 4.98. The van der Waals surface area contributed by atoms with Gasteiger partial charge >= 0.3 is 0 Å². The Labute approximate surface area is 133 Å². The van der Waals surface area contributed by atoms with Crippen molar-refractivity contribution in [3.8, 4) is 0 Å². The Morgan fingerprint density at radius 1 is 0.955 bits per heavy atom. The van der Waals surface area contributed by atoms with Crippen LogP contribution < -0.4 is 5.73 Å². The topological polar surface area (TPSA) is 46.2 Å². The van der Waals surface area contributed by atoms with Gasteiger partial charge in [-0.25, -0.2) is 0 Å². The summed E-state index contributed by atoms with van der Waals surface area (Å²) in [6.07, 6.45) is 3.61. The maximum absolute atomic E-state index is 10.6. The van der Waals surface area contributed by atoms with E-state index in [1.807, 2.05) is 18.2 Å². The molecule has 22 heavy (non-hydrogen) atoms. The van der Waals surface area contributed by atoms with Gasteiger partial charge < -0.3 is 10.8 Å². The van der Waals surface area contributed by atoms with E-state index in [0.717, 1.165) is 25.7 Å². The summed E-state index contributed by atoms with van der Waals surface area (Å²) in [5, 5.41) is 10.6. The van der Waals surface area contributed by atoms with E-state index < -0.39 is 6.10 Å². The van der Waals surface area contributed by atoms with Gasteiger partial charge in [-0.15, -0.1) is 0 Å². The van der Waals surface area contributed by atoms with Crippen molar-refractivity contribution < 1.29 is 5.11 Å². The number of benzene rings is 2. The summed E-state index contributed by atoms with van der Waals surface area (Å²) in [5.74, 6) is 0.897. The Hall–Kier alpha value is -1.64. The van der Waals surface area contributed by atoms with Crippen molar-refractivity contribution in [2.24, 2.45) is 11.7 Å². The molecule has 1 saturated carbocycles. The van der Waals surface area contributed by atoms with Crippen LogP contribution in [0.25, 0.3) is 0 Å². The number of aliphatic hydroxyl groups is 1. The van der Waals surface area contributed by atoms with Gasteiger partial charge in [-0.05, 0) is 48.6 Å². The number of nitrogens with two attached hydrogens (primary N) is 1. The minimum absolute atomic E-state index is 0.179. The summed E-state index contributed by atoms with van der Waals surface area (Å²) in [4.78, 5) is 0. The molecule has 2 aromatic rings. The average Bonchev–Trinajstić information content (AvgIpc) is 3.06. The molecule has 1 aliphatic rings. The monoisotopic (exact) mass is 295 g/mol. The van der Waals surface area contributed by atoms with E-state index in [0.29, 0.717) is 11.8 Å². The molecule has 2 nitrogen and oxygen atoms in total. The fourth-order valence-electron chi connectivity index (χ4n) is 3.71. The number of rotatable bonds is 5. The zero-order valence-electron chi connectivity index (χ0n) is 12.9. The summed E-state index contributed by atoms with van der Waals surface area (Å²) in [5.41, 5.74) is 8.86. The summed E-state index contributed by atoms with van der Waals surface area (Å²) in [6.45, 7) is 0. The molecule has 0 radical (unpaired) electrons. The average molecular weight is 295 g/mol. The highest BCUT2D eigenvalue weighted by Gasteiger charge is 2.33. The van der Waals surface area contributed by atoms with Gasteiger partial charge in [0.2, 0.25) is 0 Å². The van der Waals surface area contributed by atoms with Crippen molar-refractivity contribution in [2.45, 2.75) is 43.7 Å². The molecular formula is C20H25NO. The molecule has 116 valence electrons. The minimum atomic E-state index is -0.408. The third kappa shape index (κ3) is 3.57. The van der Waals surface area contributed by atoms with E-state index >= 15 is 0 Å². The lowest BCUT2D eigenvalue weighted by Crippen LogP contribution is -2.40. The first-order valence-corrected chi connectivity index (χ1v) is 8.26. The van der Waals surface area contributed by atoms with E-state index in [9.17, 15) is 5.11 Å². The molecule has 0 amide bonds. The van der Waals surface area contributed by atoms with E-state index in [2.05, 4.69) is 42.5 Å². The van der Waals surface area contributed by atoms with Crippen LogP contribution in [0.2, 0.25) is 0 Å². The van der Waals surface area contributed by atoms with Crippen LogP contribution in [0.3, 0.4) is 0 Å². The highest BCUT2D eigenvalue weighted by atomic mass is 16.3. The van der Waals surface area contributed by atoms with Crippen LogP contribution in [0.5, 0.6) is 0 Å². The van der Waals surface area contributed by atoms with Crippen LogP contribution in [0.4, 0.5) is 0 Å². The van der Waals surface area contributed by atoms with Crippen LogP contribution in [-0.2, 0) is 6.42 Å². The van der Waals surface area contributed by atoms with Crippen LogP contribution in [0, 0.1) is 5.92 Å². The van der Waals surface area contributed by atoms with Gasteiger partial charge in [0.15, 0.2) is 0 Å². The number of aliphatic hydroxyl groups excluding tert-OH is 1. The predicted molar refractivity (Wildman–Crippen MR) is 90.7 cm³/mol. The molecule has 0 bridgehead atoms. The summed E-state index contributed by atoms with van der Waals surface area (Å²) < 4.78 is 0. The minimum Gasteiger partial charge on any atom is -0.391 e. The van der Waals surface area contributed by atoms with Crippen LogP contribution in [-0.4, -0.2) is 17.3 Å². The van der Waals surface area contributed by atoms with Crippen molar-refractivity contribution in [1.82, 2.24) is 0 Å². The van der Waals surface area contributed by atoms with Gasteiger partial charge in [0.1, 0.15) is 0 Å². The predicted octanol–water partition coefficient (Wildman–Crippen LogP) is 3.50. The summed E-state index contributed by atoms with van der Waals surface area (Å²) in [6, 6.07) is 20.7. The van der Waals surface area contributed by atoms with Crippen molar-refractivity contribution in [3.05, 3.63) is 71.8 Å². The van der Waals surface area contributed by atoms with Crippen LogP contribution >= 0.6 is 0 Å². The fraction of sp³-hybridized carbons (Fsp3) is 0.400. The largest absolute Gasteiger partial charge is 0.391 e. The van der Waals surface area contributed by atoms with Gasteiger partial charge in [0.25, 0.3) is 0 Å². The lowest BCUT2D eigenvalue weighted by atomic mass is 9.89. The van der Waals surface area contributed by atoms with Gasteiger partial charge in [-0.1, -0.05) is 60.7 Å². The molecule has 0 heterocycles. The zero-order chi connectivity index (χ0) is 15.4. The standard InChI is InChI=1S/C20H25NO/c21-19(13-15-7-3-1-4-8-15)20(22)18-12-11-17(14-18)16-9-5-2-6-10-16/h1-10,17-20,22H,11-14,21H2/t17-,18+,19+,20-/m1/s1. The van der Waals surface area contributed by atoms with Crippen molar-refractivity contribution >= 4 is 0 Å². The van der Waals surface area contributed by atoms with Crippen LogP contribution in [0.1, 0.15) is 36.3 Å². The van der Waals surface area contributed by atoms with Crippen molar-refractivity contribution in [2.75, 3.05) is 0 Å². The van der Waals surface area contributed by atoms with E-state index in [4.69, 9.17) is 5.73 Å². The smallest absolute Gasteiger partial charge is 0.0722 e. The van der Waals surface area contributed by atoms with E-state index in [-0.39, 0.29) is 6.04 Å². The molecule has 2 aromatic carbocycles. The quantitative estimate of drug-likeness (QED) is 0.887. The van der Waals surface area contributed by atoms with Gasteiger partial charge in [-0.3, -0.25) is 0 Å². The highest BCUT2D eigenvalue weighted by molar-refractivity contribution is 5.21. The molecule has 4 atom stereocenters. The maximum atomic E-state index is 10.6. The zero-order valence-corrected chi connectivity index (χ0v) is 12.9. The Balaban J connectivity index is 1.58. The first-order valence-electron chi connectivity index (χ1n) is 8.26. The summed E-state index contributed by atoms with van der Waals surface area (Å²) in [7, 11) is 0. The van der Waals surface area contributed by atoms with Crippen molar-refractivity contribution in [1.29, 1.82) is 0 Å². The fourth-order valence-corrected chi connectivity index (χ4v) is 3.71. The SMILES string of the molecule is N[C@@H](Cc1ccccc1)[C@H](O)[C@H]1CC[C@@H](c2ccccc2)C1. The van der Waals surface area contributed by atoms with Crippen molar-refractivity contribution in [3.63, 3.8) is 0 Å². The van der Waals surface area contributed by atoms with Crippen LogP contribution in [0.15, 0.2) is 60.7 Å². The van der Waals surface area contributed by atoms with Gasteiger partial charge in [0, 0.05) is 6.04 Å². The lowest BCUT2D eigenvalue weighted by Gasteiger charge is -2.25. The number of hydrogen-bond acceptors (Lipinski definition) is 2. The molecule has 2 heteroatoms. The molecule has 3 N–H and O–H groups in total. The van der Waals surface area contributed by atoms with E-state index in [1.54, 1.807) is 0 Å². The lowest BCUT2D eigenvalue weighted by molar-refractivity contribution is 0.0838. The number of hydrogen-bond donors (Lipinski definition) is 2. The Bertz CT molecular complexity index is 569. The molecule has 0 aromatic heterocycles. The third-order valence-corrected chi connectivity index (χ3v) is 4.98.